The van der Waals surface area contributed by atoms with Crippen LogP contribution >= 0.6 is 12.2 Å². The molecule has 0 atom stereocenters. The van der Waals surface area contributed by atoms with E-state index >= 15 is 0 Å². The van der Waals surface area contributed by atoms with Gasteiger partial charge in [-0.25, -0.2) is 4.79 Å². The SMILES string of the molecule is COc1ccc(C(=O)NC(=S)Nc2cc(-c3cc4ccccc4oc3=O)ccc2C)cc1[N+](=O)[O-]. The monoisotopic (exact) mass is 489 g/mol. The molecule has 176 valence electrons. The first-order valence-corrected chi connectivity index (χ1v) is 10.8. The zero-order valence-corrected chi connectivity index (χ0v) is 19.5. The molecule has 0 spiro atoms. The Labute approximate surface area is 204 Å². The van der Waals surface area contributed by atoms with E-state index < -0.39 is 16.5 Å². The zero-order chi connectivity index (χ0) is 25.1. The number of nitro benzene ring substituents is 1. The van der Waals surface area contributed by atoms with Gasteiger partial charge in [-0.1, -0.05) is 30.3 Å². The molecule has 3 aromatic carbocycles. The summed E-state index contributed by atoms with van der Waals surface area (Å²) in [5.41, 5.74) is 2.10. The van der Waals surface area contributed by atoms with E-state index in [0.29, 0.717) is 22.4 Å². The molecule has 0 aliphatic heterocycles. The highest BCUT2D eigenvalue weighted by atomic mass is 32.1. The number of rotatable bonds is 5. The first kappa shape index (κ1) is 23.6. The lowest BCUT2D eigenvalue weighted by atomic mass is 10.0. The lowest BCUT2D eigenvalue weighted by molar-refractivity contribution is -0.385. The van der Waals surface area contributed by atoms with Crippen LogP contribution in [0.5, 0.6) is 5.75 Å². The number of anilines is 1. The second-order valence-corrected chi connectivity index (χ2v) is 7.98. The summed E-state index contributed by atoms with van der Waals surface area (Å²) in [6.45, 7) is 1.84. The van der Waals surface area contributed by atoms with Gasteiger partial charge in [-0.3, -0.25) is 20.2 Å². The molecule has 4 aromatic rings. The molecule has 10 heteroatoms. The molecule has 35 heavy (non-hydrogen) atoms. The summed E-state index contributed by atoms with van der Waals surface area (Å²) >= 11 is 5.27. The number of ether oxygens (including phenoxy) is 1. The summed E-state index contributed by atoms with van der Waals surface area (Å²) in [5, 5.41) is 17.5. The number of hydrogen-bond acceptors (Lipinski definition) is 7. The number of aryl methyl sites for hydroxylation is 1. The number of para-hydroxylation sites is 1. The fraction of sp³-hybridized carbons (Fsp3) is 0.0800. The Kier molecular flexibility index (Phi) is 6.56. The molecule has 1 heterocycles. The van der Waals surface area contributed by atoms with Crippen molar-refractivity contribution in [3.8, 4) is 16.9 Å². The second kappa shape index (κ2) is 9.74. The van der Waals surface area contributed by atoms with Gasteiger partial charge >= 0.3 is 11.3 Å². The Morgan fingerprint density at radius 3 is 2.60 bits per heavy atom. The van der Waals surface area contributed by atoms with Crippen LogP contribution in [0, 0.1) is 17.0 Å². The van der Waals surface area contributed by atoms with Crippen LogP contribution in [0.1, 0.15) is 15.9 Å². The third-order valence-corrected chi connectivity index (χ3v) is 5.51. The van der Waals surface area contributed by atoms with Crippen LogP contribution in [0.15, 0.2) is 75.9 Å². The van der Waals surface area contributed by atoms with Crippen molar-refractivity contribution in [2.75, 3.05) is 12.4 Å². The number of fused-ring (bicyclic) bond motifs is 1. The fourth-order valence-electron chi connectivity index (χ4n) is 3.49. The lowest BCUT2D eigenvalue weighted by Crippen LogP contribution is -2.34. The van der Waals surface area contributed by atoms with Crippen molar-refractivity contribution in [2.24, 2.45) is 0 Å². The highest BCUT2D eigenvalue weighted by molar-refractivity contribution is 7.80. The molecule has 1 amide bonds. The number of carbonyl (C=O) groups is 1. The normalized spacial score (nSPS) is 10.6. The van der Waals surface area contributed by atoms with Gasteiger partial charge in [0, 0.05) is 22.7 Å². The van der Waals surface area contributed by atoms with E-state index in [4.69, 9.17) is 21.4 Å². The first-order valence-electron chi connectivity index (χ1n) is 10.4. The van der Waals surface area contributed by atoms with Crippen molar-refractivity contribution in [3.63, 3.8) is 0 Å². The van der Waals surface area contributed by atoms with Crippen LogP contribution in [-0.2, 0) is 0 Å². The van der Waals surface area contributed by atoms with Gasteiger partial charge in [0.2, 0.25) is 0 Å². The Bertz CT molecular complexity index is 1550. The van der Waals surface area contributed by atoms with Gasteiger partial charge < -0.3 is 14.5 Å². The Hall–Kier alpha value is -4.57. The third-order valence-electron chi connectivity index (χ3n) is 5.30. The summed E-state index contributed by atoms with van der Waals surface area (Å²) in [6, 6.07) is 18.2. The quantitative estimate of drug-likeness (QED) is 0.177. The van der Waals surface area contributed by atoms with Crippen molar-refractivity contribution in [1.29, 1.82) is 0 Å². The van der Waals surface area contributed by atoms with Crippen LogP contribution in [0.4, 0.5) is 11.4 Å². The summed E-state index contributed by atoms with van der Waals surface area (Å²) in [6.07, 6.45) is 0. The average molecular weight is 490 g/mol. The number of nitrogens with zero attached hydrogens (tertiary/aromatic N) is 1. The van der Waals surface area contributed by atoms with E-state index in [2.05, 4.69) is 10.6 Å². The highest BCUT2D eigenvalue weighted by Gasteiger charge is 2.19. The molecule has 1 aromatic heterocycles. The van der Waals surface area contributed by atoms with E-state index in [9.17, 15) is 19.7 Å². The molecule has 0 saturated carbocycles. The smallest absolute Gasteiger partial charge is 0.344 e. The van der Waals surface area contributed by atoms with E-state index in [1.165, 1.54) is 19.2 Å². The standard InChI is InChI=1S/C25H19N3O6S/c1-14-7-8-15(18-11-16-5-3-4-6-21(16)34-24(18)30)12-19(14)26-25(35)27-23(29)17-9-10-22(33-2)20(13-17)28(31)32/h3-13H,1-2H3,(H2,26,27,29,35). The van der Waals surface area contributed by atoms with Crippen molar-refractivity contribution < 1.29 is 18.9 Å². The predicted molar refractivity (Wildman–Crippen MR) is 136 cm³/mol. The number of nitrogens with one attached hydrogen (secondary N) is 2. The molecule has 2 N–H and O–H groups in total. The molecule has 0 aliphatic rings. The minimum Gasteiger partial charge on any atom is -0.490 e. The summed E-state index contributed by atoms with van der Waals surface area (Å²) in [7, 11) is 1.30. The van der Waals surface area contributed by atoms with Gasteiger partial charge in [-0.2, -0.15) is 0 Å². The maximum Gasteiger partial charge on any atom is 0.344 e. The van der Waals surface area contributed by atoms with E-state index in [1.807, 2.05) is 25.1 Å². The minimum absolute atomic E-state index is 0.0146. The van der Waals surface area contributed by atoms with E-state index in [1.54, 1.807) is 30.3 Å². The van der Waals surface area contributed by atoms with Crippen LogP contribution in [0.25, 0.3) is 22.1 Å². The maximum atomic E-state index is 12.6. The summed E-state index contributed by atoms with van der Waals surface area (Å²) in [4.78, 5) is 35.7. The second-order valence-electron chi connectivity index (χ2n) is 7.57. The summed E-state index contributed by atoms with van der Waals surface area (Å²) < 4.78 is 10.4. The average Bonchev–Trinajstić information content (AvgIpc) is 2.84. The Morgan fingerprint density at radius 1 is 1.09 bits per heavy atom. The Balaban J connectivity index is 1.56. The van der Waals surface area contributed by atoms with Crippen molar-refractivity contribution >= 4 is 45.6 Å². The maximum absolute atomic E-state index is 12.6. The zero-order valence-electron chi connectivity index (χ0n) is 18.7. The van der Waals surface area contributed by atoms with Gasteiger partial charge in [0.1, 0.15) is 5.58 Å². The molecule has 0 aliphatic carbocycles. The van der Waals surface area contributed by atoms with Crippen molar-refractivity contribution in [3.05, 3.63) is 98.4 Å². The fourth-order valence-corrected chi connectivity index (χ4v) is 3.69. The van der Waals surface area contributed by atoms with E-state index in [-0.39, 0.29) is 22.1 Å². The van der Waals surface area contributed by atoms with Gasteiger partial charge in [0.15, 0.2) is 10.9 Å². The third kappa shape index (κ3) is 5.02. The molecule has 0 saturated heterocycles. The number of carbonyl (C=O) groups excluding carboxylic acids is 1. The van der Waals surface area contributed by atoms with Crippen LogP contribution in [0.3, 0.4) is 0 Å². The van der Waals surface area contributed by atoms with Crippen LogP contribution in [-0.4, -0.2) is 23.1 Å². The molecule has 0 unspecified atom stereocenters. The molecule has 4 rings (SSSR count). The molecule has 0 bridgehead atoms. The largest absolute Gasteiger partial charge is 0.490 e. The predicted octanol–water partition coefficient (Wildman–Crippen LogP) is 4.81. The number of thiocarbonyl (C=S) groups is 1. The number of nitro groups is 1. The molecular weight excluding hydrogens is 470 g/mol. The van der Waals surface area contributed by atoms with Crippen LogP contribution < -0.4 is 21.0 Å². The molecule has 9 nitrogen and oxygen atoms in total. The van der Waals surface area contributed by atoms with Gasteiger partial charge in [0.25, 0.3) is 5.91 Å². The summed E-state index contributed by atoms with van der Waals surface area (Å²) in [5.74, 6) is -0.588. The lowest BCUT2D eigenvalue weighted by Gasteiger charge is -2.13. The van der Waals surface area contributed by atoms with Crippen molar-refractivity contribution in [1.82, 2.24) is 5.32 Å². The number of methoxy groups -OCH3 is 1. The van der Waals surface area contributed by atoms with Gasteiger partial charge in [-0.05, 0) is 60.6 Å². The number of benzene rings is 3. The molecular formula is C25H19N3O6S. The van der Waals surface area contributed by atoms with E-state index in [0.717, 1.165) is 17.0 Å². The molecule has 0 fully saturated rings. The van der Waals surface area contributed by atoms with Crippen molar-refractivity contribution in [2.45, 2.75) is 6.92 Å². The first-order chi connectivity index (χ1) is 16.8. The Morgan fingerprint density at radius 2 is 1.86 bits per heavy atom. The topological polar surface area (TPSA) is 124 Å². The van der Waals surface area contributed by atoms with Crippen LogP contribution in [0.2, 0.25) is 0 Å². The molecule has 0 radical (unpaired) electrons. The van der Waals surface area contributed by atoms with Gasteiger partial charge in [-0.15, -0.1) is 0 Å². The van der Waals surface area contributed by atoms with Gasteiger partial charge in [0.05, 0.1) is 17.6 Å². The number of amides is 1. The highest BCUT2D eigenvalue weighted by Crippen LogP contribution is 2.28. The number of hydrogen-bond donors (Lipinski definition) is 2. The minimum atomic E-state index is -0.635.